The topological polar surface area (TPSA) is 197 Å². The molecular formula is C18H35N5O6. The van der Waals surface area contributed by atoms with Crippen LogP contribution < -0.4 is 27.4 Å². The zero-order chi connectivity index (χ0) is 22.6. The van der Waals surface area contributed by atoms with Crippen LogP contribution in [-0.2, 0) is 19.2 Å². The Bertz CT molecular complexity index is 555. The highest BCUT2D eigenvalue weighted by atomic mass is 16.4. The fourth-order valence-corrected chi connectivity index (χ4v) is 2.63. The molecule has 0 aliphatic rings. The number of hydrogen-bond donors (Lipinski definition) is 7. The summed E-state index contributed by atoms with van der Waals surface area (Å²) in [6, 6.07) is -3.44. The molecule has 0 aromatic carbocycles. The smallest absolute Gasteiger partial charge is 0.328 e. The van der Waals surface area contributed by atoms with Crippen LogP contribution in [0.3, 0.4) is 0 Å². The van der Waals surface area contributed by atoms with Gasteiger partial charge in [0, 0.05) is 0 Å². The molecule has 0 saturated carbocycles. The van der Waals surface area contributed by atoms with Gasteiger partial charge in [-0.15, -0.1) is 0 Å². The molecule has 0 spiro atoms. The van der Waals surface area contributed by atoms with Crippen LogP contribution in [0.25, 0.3) is 0 Å². The van der Waals surface area contributed by atoms with Gasteiger partial charge in [-0.1, -0.05) is 13.8 Å². The van der Waals surface area contributed by atoms with Crippen LogP contribution >= 0.6 is 0 Å². The van der Waals surface area contributed by atoms with E-state index in [0.717, 1.165) is 0 Å². The van der Waals surface area contributed by atoms with Gasteiger partial charge in [0.05, 0.1) is 12.6 Å². The molecule has 11 heteroatoms. The third kappa shape index (κ3) is 10.8. The number of nitrogens with one attached hydrogen (secondary N) is 3. The molecule has 0 saturated heterocycles. The number of carboxylic acids is 1. The van der Waals surface area contributed by atoms with Gasteiger partial charge >= 0.3 is 5.97 Å². The monoisotopic (exact) mass is 417 g/mol. The first-order valence-corrected chi connectivity index (χ1v) is 9.74. The molecule has 0 aliphatic carbocycles. The van der Waals surface area contributed by atoms with Crippen molar-refractivity contribution in [2.75, 3.05) is 13.1 Å². The van der Waals surface area contributed by atoms with Crippen LogP contribution in [0.1, 0.15) is 46.5 Å². The molecule has 3 amide bonds. The number of unbranched alkanes of at least 4 members (excludes halogenated alkanes) is 1. The molecule has 29 heavy (non-hydrogen) atoms. The minimum absolute atomic E-state index is 0.0833. The van der Waals surface area contributed by atoms with Crippen molar-refractivity contribution in [3.63, 3.8) is 0 Å². The largest absolute Gasteiger partial charge is 0.480 e. The first kappa shape index (κ1) is 26.8. The zero-order valence-corrected chi connectivity index (χ0v) is 17.3. The average Bonchev–Trinajstić information content (AvgIpc) is 2.63. The molecule has 4 unspecified atom stereocenters. The van der Waals surface area contributed by atoms with Crippen molar-refractivity contribution < 1.29 is 29.4 Å². The van der Waals surface area contributed by atoms with Crippen LogP contribution in [0.2, 0.25) is 0 Å². The Balaban J connectivity index is 5.34. The van der Waals surface area contributed by atoms with E-state index < -0.39 is 47.9 Å². The van der Waals surface area contributed by atoms with Gasteiger partial charge in [0.25, 0.3) is 0 Å². The fraction of sp³-hybridized carbons (Fsp3) is 0.778. The molecule has 168 valence electrons. The first-order valence-electron chi connectivity index (χ1n) is 9.74. The molecule has 0 rings (SSSR count). The standard InChI is InChI=1S/C18H35N5O6/c1-10(2)8-13(21-14(25)9-20)17(27)22-12(6-4-5-7-19)16(26)23-15(11(3)24)18(28)29/h10-13,15,24H,4-9,19-20H2,1-3H3,(H,21,25)(H,22,27)(H,23,26)(H,28,29). The summed E-state index contributed by atoms with van der Waals surface area (Å²) in [7, 11) is 0. The second-order valence-electron chi connectivity index (χ2n) is 7.36. The lowest BCUT2D eigenvalue weighted by atomic mass is 10.0. The molecule has 11 nitrogen and oxygen atoms in total. The van der Waals surface area contributed by atoms with E-state index in [1.807, 2.05) is 13.8 Å². The zero-order valence-electron chi connectivity index (χ0n) is 17.3. The van der Waals surface area contributed by atoms with E-state index in [1.54, 1.807) is 0 Å². The van der Waals surface area contributed by atoms with E-state index in [9.17, 15) is 24.3 Å². The van der Waals surface area contributed by atoms with Crippen molar-refractivity contribution in [2.45, 2.75) is 70.7 Å². The molecular weight excluding hydrogens is 382 g/mol. The quantitative estimate of drug-likeness (QED) is 0.158. The van der Waals surface area contributed by atoms with Gasteiger partial charge < -0.3 is 37.6 Å². The maximum absolute atomic E-state index is 12.7. The SMILES string of the molecule is CC(C)CC(NC(=O)CN)C(=O)NC(CCCCN)C(=O)NC(C(=O)O)C(C)O. The minimum atomic E-state index is -1.51. The van der Waals surface area contributed by atoms with Crippen molar-refractivity contribution >= 4 is 23.7 Å². The van der Waals surface area contributed by atoms with Gasteiger partial charge in [-0.2, -0.15) is 0 Å². The number of aliphatic hydroxyl groups excluding tert-OH is 1. The Hall–Kier alpha value is -2.24. The van der Waals surface area contributed by atoms with E-state index in [1.165, 1.54) is 6.92 Å². The van der Waals surface area contributed by atoms with Crippen LogP contribution in [0.15, 0.2) is 0 Å². The Morgan fingerprint density at radius 2 is 1.48 bits per heavy atom. The predicted octanol–water partition coefficient (Wildman–Crippen LogP) is -1.96. The minimum Gasteiger partial charge on any atom is -0.480 e. The third-order valence-corrected chi connectivity index (χ3v) is 4.17. The van der Waals surface area contributed by atoms with Gasteiger partial charge in [0.15, 0.2) is 6.04 Å². The molecule has 0 fully saturated rings. The fourth-order valence-electron chi connectivity index (χ4n) is 2.63. The summed E-state index contributed by atoms with van der Waals surface area (Å²) in [5.74, 6) is -3.13. The first-order chi connectivity index (χ1) is 13.5. The van der Waals surface area contributed by atoms with Crippen molar-refractivity contribution in [3.8, 4) is 0 Å². The number of carboxylic acid groups (broad SMARTS) is 1. The average molecular weight is 418 g/mol. The van der Waals surface area contributed by atoms with Gasteiger partial charge in [-0.25, -0.2) is 4.79 Å². The van der Waals surface area contributed by atoms with E-state index in [0.29, 0.717) is 25.8 Å². The molecule has 0 aliphatic heterocycles. The summed E-state index contributed by atoms with van der Waals surface area (Å²) >= 11 is 0. The Labute approximate surface area is 171 Å². The molecule has 0 bridgehead atoms. The summed E-state index contributed by atoms with van der Waals surface area (Å²) in [6.07, 6.45) is 0.359. The van der Waals surface area contributed by atoms with Gasteiger partial charge in [-0.05, 0) is 45.1 Å². The van der Waals surface area contributed by atoms with Crippen molar-refractivity contribution in [1.82, 2.24) is 16.0 Å². The number of carbonyl (C=O) groups excluding carboxylic acids is 3. The highest BCUT2D eigenvalue weighted by Gasteiger charge is 2.31. The van der Waals surface area contributed by atoms with Crippen LogP contribution in [-0.4, -0.2) is 71.2 Å². The number of amides is 3. The molecule has 0 aromatic rings. The van der Waals surface area contributed by atoms with Gasteiger partial charge in [-0.3, -0.25) is 14.4 Å². The molecule has 0 heterocycles. The molecule has 9 N–H and O–H groups in total. The summed E-state index contributed by atoms with van der Waals surface area (Å²) in [5, 5.41) is 26.0. The van der Waals surface area contributed by atoms with E-state index >= 15 is 0 Å². The Morgan fingerprint density at radius 3 is 1.93 bits per heavy atom. The summed E-state index contributed by atoms with van der Waals surface area (Å²) < 4.78 is 0. The van der Waals surface area contributed by atoms with Crippen LogP contribution in [0.5, 0.6) is 0 Å². The van der Waals surface area contributed by atoms with E-state index in [-0.39, 0.29) is 18.9 Å². The Morgan fingerprint density at radius 1 is 0.897 bits per heavy atom. The lowest BCUT2D eigenvalue weighted by Gasteiger charge is -2.26. The number of hydrogen-bond acceptors (Lipinski definition) is 7. The molecule has 0 radical (unpaired) electrons. The molecule has 0 aromatic heterocycles. The van der Waals surface area contributed by atoms with Crippen molar-refractivity contribution in [2.24, 2.45) is 17.4 Å². The number of aliphatic carboxylic acids is 1. The summed E-state index contributed by atoms with van der Waals surface area (Å²) in [5.41, 5.74) is 10.8. The van der Waals surface area contributed by atoms with E-state index in [4.69, 9.17) is 16.6 Å². The number of rotatable bonds is 14. The van der Waals surface area contributed by atoms with Gasteiger partial charge in [0.1, 0.15) is 12.1 Å². The number of nitrogens with two attached hydrogens (primary N) is 2. The van der Waals surface area contributed by atoms with Crippen molar-refractivity contribution in [3.05, 3.63) is 0 Å². The number of carbonyl (C=O) groups is 4. The second kappa shape index (κ2) is 13.9. The van der Waals surface area contributed by atoms with Gasteiger partial charge in [0.2, 0.25) is 17.7 Å². The lowest BCUT2D eigenvalue weighted by molar-refractivity contribution is -0.145. The number of aliphatic hydroxyl groups is 1. The summed E-state index contributed by atoms with van der Waals surface area (Å²) in [4.78, 5) is 48.1. The predicted molar refractivity (Wildman–Crippen MR) is 107 cm³/mol. The second-order valence-corrected chi connectivity index (χ2v) is 7.36. The lowest BCUT2D eigenvalue weighted by Crippen LogP contribution is -2.57. The van der Waals surface area contributed by atoms with Crippen LogP contribution in [0.4, 0.5) is 0 Å². The maximum atomic E-state index is 12.7. The maximum Gasteiger partial charge on any atom is 0.328 e. The van der Waals surface area contributed by atoms with E-state index in [2.05, 4.69) is 16.0 Å². The Kier molecular flexibility index (Phi) is 12.8. The summed E-state index contributed by atoms with van der Waals surface area (Å²) in [6.45, 7) is 5.11. The third-order valence-electron chi connectivity index (χ3n) is 4.17. The van der Waals surface area contributed by atoms with Crippen molar-refractivity contribution in [1.29, 1.82) is 0 Å². The molecule has 4 atom stereocenters. The van der Waals surface area contributed by atoms with Crippen LogP contribution in [0, 0.1) is 5.92 Å². The highest BCUT2D eigenvalue weighted by molar-refractivity contribution is 5.93. The normalized spacial score (nSPS) is 15.1. The highest BCUT2D eigenvalue weighted by Crippen LogP contribution is 2.08.